The molecule has 0 atom stereocenters. The number of hydrogen-bond acceptors (Lipinski definition) is 3. The molecule has 2 N–H and O–H groups in total. The first kappa shape index (κ1) is 14.5. The number of hydrogen-bond donors (Lipinski definition) is 2. The molecule has 0 unspecified atom stereocenters. The summed E-state index contributed by atoms with van der Waals surface area (Å²) in [5.74, 6) is -0.296. The molecule has 0 spiro atoms. The Morgan fingerprint density at radius 3 is 2.50 bits per heavy atom. The van der Waals surface area contributed by atoms with Crippen LogP contribution in [0.5, 0.6) is 0 Å². The van der Waals surface area contributed by atoms with Gasteiger partial charge in [0.15, 0.2) is 0 Å². The maximum Gasteiger partial charge on any atom is 0.323 e. The van der Waals surface area contributed by atoms with Crippen LogP contribution < -0.4 is 10.6 Å². The third kappa shape index (κ3) is 3.07. The molecule has 22 heavy (non-hydrogen) atoms. The van der Waals surface area contributed by atoms with Crippen molar-refractivity contribution in [1.82, 2.24) is 4.98 Å². The van der Waals surface area contributed by atoms with Crippen molar-refractivity contribution in [3.8, 4) is 0 Å². The molecule has 0 aliphatic heterocycles. The lowest BCUT2D eigenvalue weighted by atomic mass is 10.2. The molecular formula is C16H14FN3OS. The zero-order valence-electron chi connectivity index (χ0n) is 12.1. The average molecular weight is 315 g/mol. The van der Waals surface area contributed by atoms with Crippen LogP contribution >= 0.6 is 11.3 Å². The van der Waals surface area contributed by atoms with Gasteiger partial charge < -0.3 is 10.6 Å². The number of aromatic nitrogens is 1. The molecule has 3 aromatic rings. The highest BCUT2D eigenvalue weighted by Gasteiger charge is 2.06. The second-order valence-corrected chi connectivity index (χ2v) is 6.19. The Labute approximate surface area is 131 Å². The third-order valence-corrected chi connectivity index (χ3v) is 4.12. The number of nitrogens with zero attached hydrogens (tertiary/aromatic N) is 1. The second-order valence-electron chi connectivity index (χ2n) is 4.96. The van der Waals surface area contributed by atoms with Crippen molar-refractivity contribution in [2.24, 2.45) is 0 Å². The molecule has 0 fully saturated rings. The van der Waals surface area contributed by atoms with E-state index in [-0.39, 0.29) is 11.8 Å². The summed E-state index contributed by atoms with van der Waals surface area (Å²) in [5, 5.41) is 6.41. The van der Waals surface area contributed by atoms with Crippen molar-refractivity contribution in [3.63, 3.8) is 0 Å². The van der Waals surface area contributed by atoms with Gasteiger partial charge in [0.05, 0.1) is 15.2 Å². The van der Waals surface area contributed by atoms with Gasteiger partial charge in [-0.2, -0.15) is 0 Å². The van der Waals surface area contributed by atoms with Crippen molar-refractivity contribution >= 4 is 39.0 Å². The first-order chi connectivity index (χ1) is 10.5. The number of carbonyl (C=O) groups is 1. The Hall–Kier alpha value is -2.47. The molecule has 0 bridgehead atoms. The molecule has 0 radical (unpaired) electrons. The van der Waals surface area contributed by atoms with Crippen LogP contribution in [0.25, 0.3) is 10.2 Å². The van der Waals surface area contributed by atoms with Crippen LogP contribution in [0.4, 0.5) is 20.6 Å². The summed E-state index contributed by atoms with van der Waals surface area (Å²) in [6.07, 6.45) is 0. The minimum atomic E-state index is -0.377. The van der Waals surface area contributed by atoms with Crippen LogP contribution in [0.2, 0.25) is 0 Å². The van der Waals surface area contributed by atoms with Crippen molar-refractivity contribution in [2.75, 3.05) is 10.6 Å². The minimum absolute atomic E-state index is 0.296. The SMILES string of the molecule is Cc1nc2cc(NC(=O)Nc3ccc(F)c(C)c3)ccc2s1. The Morgan fingerprint density at radius 2 is 1.77 bits per heavy atom. The summed E-state index contributed by atoms with van der Waals surface area (Å²) < 4.78 is 14.3. The molecule has 0 aliphatic rings. The van der Waals surface area contributed by atoms with Gasteiger partial charge in [0.2, 0.25) is 0 Å². The lowest BCUT2D eigenvalue weighted by Crippen LogP contribution is -2.19. The molecule has 6 heteroatoms. The van der Waals surface area contributed by atoms with E-state index in [0.717, 1.165) is 15.2 Å². The number of amides is 2. The normalized spacial score (nSPS) is 10.7. The van der Waals surface area contributed by atoms with Crippen LogP contribution in [0, 0.1) is 19.7 Å². The molecular weight excluding hydrogens is 301 g/mol. The van der Waals surface area contributed by atoms with E-state index in [9.17, 15) is 9.18 Å². The quantitative estimate of drug-likeness (QED) is 0.720. The zero-order chi connectivity index (χ0) is 15.7. The maximum absolute atomic E-state index is 13.2. The van der Waals surface area contributed by atoms with Crippen molar-refractivity contribution in [1.29, 1.82) is 0 Å². The number of thiazole rings is 1. The lowest BCUT2D eigenvalue weighted by Gasteiger charge is -2.08. The van der Waals surface area contributed by atoms with Gasteiger partial charge in [0.1, 0.15) is 5.82 Å². The molecule has 1 aromatic heterocycles. The molecule has 2 aromatic carbocycles. The molecule has 1 heterocycles. The average Bonchev–Trinajstić information content (AvgIpc) is 2.82. The van der Waals surface area contributed by atoms with Gasteiger partial charge in [-0.15, -0.1) is 11.3 Å². The molecule has 4 nitrogen and oxygen atoms in total. The second kappa shape index (κ2) is 5.73. The van der Waals surface area contributed by atoms with Crippen LogP contribution in [-0.2, 0) is 0 Å². The first-order valence-electron chi connectivity index (χ1n) is 6.72. The van der Waals surface area contributed by atoms with Gasteiger partial charge in [-0.3, -0.25) is 0 Å². The molecule has 112 valence electrons. The summed E-state index contributed by atoms with van der Waals surface area (Å²) >= 11 is 1.61. The van der Waals surface area contributed by atoms with Gasteiger partial charge >= 0.3 is 6.03 Å². The number of carbonyl (C=O) groups excluding carboxylic acids is 1. The molecule has 3 rings (SSSR count). The summed E-state index contributed by atoms with van der Waals surface area (Å²) in [4.78, 5) is 16.4. The van der Waals surface area contributed by atoms with Gasteiger partial charge in [0, 0.05) is 11.4 Å². The number of nitrogens with one attached hydrogen (secondary N) is 2. The molecule has 2 amide bonds. The van der Waals surface area contributed by atoms with Crippen molar-refractivity contribution in [2.45, 2.75) is 13.8 Å². The van der Waals surface area contributed by atoms with E-state index >= 15 is 0 Å². The van der Waals surface area contributed by atoms with Gasteiger partial charge in [0.25, 0.3) is 0 Å². The number of urea groups is 1. The summed E-state index contributed by atoms with van der Waals surface area (Å²) in [5.41, 5.74) is 2.55. The fourth-order valence-electron chi connectivity index (χ4n) is 2.14. The first-order valence-corrected chi connectivity index (χ1v) is 7.54. The van der Waals surface area contributed by atoms with E-state index in [1.54, 1.807) is 24.3 Å². The van der Waals surface area contributed by atoms with Crippen LogP contribution in [-0.4, -0.2) is 11.0 Å². The largest absolute Gasteiger partial charge is 0.323 e. The number of aryl methyl sites for hydroxylation is 2. The Morgan fingerprint density at radius 1 is 1.09 bits per heavy atom. The van der Waals surface area contributed by atoms with Gasteiger partial charge in [-0.1, -0.05) is 0 Å². The Kier molecular flexibility index (Phi) is 3.77. The van der Waals surface area contributed by atoms with E-state index in [4.69, 9.17) is 0 Å². The Balaban J connectivity index is 1.73. The smallest absolute Gasteiger partial charge is 0.308 e. The third-order valence-electron chi connectivity index (χ3n) is 3.17. The number of halogens is 1. The maximum atomic E-state index is 13.2. The van der Waals surface area contributed by atoms with E-state index in [1.807, 2.05) is 25.1 Å². The van der Waals surface area contributed by atoms with Crippen LogP contribution in [0.1, 0.15) is 10.6 Å². The lowest BCUT2D eigenvalue weighted by molar-refractivity contribution is 0.262. The van der Waals surface area contributed by atoms with Crippen LogP contribution in [0.15, 0.2) is 36.4 Å². The Bertz CT molecular complexity index is 860. The van der Waals surface area contributed by atoms with Crippen molar-refractivity contribution < 1.29 is 9.18 Å². The van der Waals surface area contributed by atoms with E-state index in [0.29, 0.717) is 16.9 Å². The molecule has 0 saturated heterocycles. The van der Waals surface area contributed by atoms with E-state index in [2.05, 4.69) is 15.6 Å². The van der Waals surface area contributed by atoms with Gasteiger partial charge in [-0.25, -0.2) is 14.2 Å². The van der Waals surface area contributed by atoms with Gasteiger partial charge in [-0.05, 0) is 55.8 Å². The molecule has 0 aliphatic carbocycles. The monoisotopic (exact) mass is 315 g/mol. The van der Waals surface area contributed by atoms with Crippen molar-refractivity contribution in [3.05, 3.63) is 52.8 Å². The van der Waals surface area contributed by atoms with E-state index in [1.165, 1.54) is 12.1 Å². The standard InChI is InChI=1S/C16H14FN3OS/c1-9-7-11(3-5-13(9)17)19-16(21)20-12-4-6-15-14(8-12)18-10(2)22-15/h3-8H,1-2H3,(H2,19,20,21). The predicted octanol–water partition coefficient (Wildman–Crippen LogP) is 4.70. The number of benzene rings is 2. The van der Waals surface area contributed by atoms with Crippen LogP contribution in [0.3, 0.4) is 0 Å². The fourth-order valence-corrected chi connectivity index (χ4v) is 2.94. The zero-order valence-corrected chi connectivity index (χ0v) is 12.9. The fraction of sp³-hybridized carbons (Fsp3) is 0.125. The summed E-state index contributed by atoms with van der Waals surface area (Å²) in [6.45, 7) is 3.60. The topological polar surface area (TPSA) is 54.0 Å². The van der Waals surface area contributed by atoms with E-state index < -0.39 is 0 Å². The number of rotatable bonds is 2. The highest BCUT2D eigenvalue weighted by Crippen LogP contribution is 2.24. The number of anilines is 2. The minimum Gasteiger partial charge on any atom is -0.308 e. The summed E-state index contributed by atoms with van der Waals surface area (Å²) in [7, 11) is 0. The molecule has 0 saturated carbocycles. The summed E-state index contributed by atoms with van der Waals surface area (Å²) in [6, 6.07) is 9.64. The number of fused-ring (bicyclic) bond motifs is 1. The highest BCUT2D eigenvalue weighted by atomic mass is 32.1. The predicted molar refractivity (Wildman–Crippen MR) is 88.1 cm³/mol. The highest BCUT2D eigenvalue weighted by molar-refractivity contribution is 7.18.